The summed E-state index contributed by atoms with van der Waals surface area (Å²) < 4.78 is 42.6. The van der Waals surface area contributed by atoms with Crippen LogP contribution in [0.3, 0.4) is 0 Å². The van der Waals surface area contributed by atoms with Gasteiger partial charge in [-0.15, -0.1) is 0 Å². The smallest absolute Gasteiger partial charge is 0.246 e. The Bertz CT molecular complexity index is 1430. The highest BCUT2D eigenvalue weighted by Gasteiger charge is 2.51. The molecule has 9 nitrogen and oxygen atoms in total. The third-order valence-electron chi connectivity index (χ3n) is 5.50. The molecule has 1 saturated heterocycles. The third kappa shape index (κ3) is 2.99. The fraction of sp³-hybridized carbons (Fsp3) is 0.200. The minimum absolute atomic E-state index is 0.0156. The summed E-state index contributed by atoms with van der Waals surface area (Å²) in [6.07, 6.45) is 6.65. The number of nitriles is 1. The van der Waals surface area contributed by atoms with Gasteiger partial charge in [0, 0.05) is 36.4 Å². The normalized spacial score (nSPS) is 16.1. The van der Waals surface area contributed by atoms with E-state index in [4.69, 9.17) is 0 Å². The topological polar surface area (TPSA) is 121 Å². The molecule has 0 atom stereocenters. The number of aromatic amines is 1. The molecule has 1 aliphatic heterocycles. The largest absolute Gasteiger partial charge is 0.346 e. The number of rotatable bonds is 5. The van der Waals surface area contributed by atoms with E-state index in [1.807, 2.05) is 6.07 Å². The van der Waals surface area contributed by atoms with Crippen LogP contribution in [0, 0.1) is 17.1 Å². The van der Waals surface area contributed by atoms with Crippen LogP contribution in [0.2, 0.25) is 0 Å². The van der Waals surface area contributed by atoms with Crippen molar-refractivity contribution in [2.45, 2.75) is 16.9 Å². The molecule has 0 unspecified atom stereocenters. The van der Waals surface area contributed by atoms with Crippen molar-refractivity contribution < 1.29 is 12.8 Å². The SMILES string of the molecule is N#CCC1(n2cc(-c3ncnc4[nH]ccc34)cn2)CN(S(=O)(=O)c2ccccc2F)C1. The van der Waals surface area contributed by atoms with Gasteiger partial charge in [-0.2, -0.15) is 14.7 Å². The number of sulfonamides is 1. The van der Waals surface area contributed by atoms with Gasteiger partial charge in [-0.1, -0.05) is 12.1 Å². The monoisotopic (exact) mass is 437 g/mol. The van der Waals surface area contributed by atoms with E-state index in [2.05, 4.69) is 26.1 Å². The van der Waals surface area contributed by atoms with Gasteiger partial charge in [-0.05, 0) is 18.2 Å². The average Bonchev–Trinajstić information content (AvgIpc) is 3.40. The first-order chi connectivity index (χ1) is 14.9. The van der Waals surface area contributed by atoms with Gasteiger partial charge < -0.3 is 4.98 Å². The van der Waals surface area contributed by atoms with Gasteiger partial charge in [0.1, 0.15) is 28.2 Å². The third-order valence-corrected chi connectivity index (χ3v) is 7.32. The lowest BCUT2D eigenvalue weighted by molar-refractivity contribution is 0.0715. The van der Waals surface area contributed by atoms with E-state index in [0.717, 1.165) is 17.0 Å². The molecule has 1 aromatic carbocycles. The standard InChI is InChI=1S/C20H16FN7O2S/c21-16-3-1-2-4-17(16)31(29,30)27-11-20(12-27,6-7-22)28-10-14(9-26-28)18-15-5-8-23-19(15)25-13-24-18/h1-5,8-10,13H,6,11-12H2,(H,23,24,25). The maximum absolute atomic E-state index is 14.1. The summed E-state index contributed by atoms with van der Waals surface area (Å²) in [5.74, 6) is -0.805. The van der Waals surface area contributed by atoms with E-state index in [-0.39, 0.29) is 24.4 Å². The summed E-state index contributed by atoms with van der Waals surface area (Å²) in [5, 5.41) is 14.6. The van der Waals surface area contributed by atoms with Crippen molar-refractivity contribution in [3.63, 3.8) is 0 Å². The molecule has 0 aliphatic carbocycles. The Morgan fingerprint density at radius 2 is 2.03 bits per heavy atom. The summed E-state index contributed by atoms with van der Waals surface area (Å²) in [7, 11) is -4.01. The number of nitrogens with one attached hydrogen (secondary N) is 1. The Labute approximate surface area is 176 Å². The molecule has 4 heterocycles. The summed E-state index contributed by atoms with van der Waals surface area (Å²) in [6, 6.07) is 9.23. The van der Waals surface area contributed by atoms with E-state index >= 15 is 0 Å². The fourth-order valence-corrected chi connectivity index (χ4v) is 5.53. The molecule has 1 fully saturated rings. The summed E-state index contributed by atoms with van der Waals surface area (Å²) in [6.45, 7) is 0.0311. The lowest BCUT2D eigenvalue weighted by Gasteiger charge is -2.47. The Morgan fingerprint density at radius 1 is 1.23 bits per heavy atom. The molecule has 0 spiro atoms. The van der Waals surface area contributed by atoms with Gasteiger partial charge in [0.15, 0.2) is 0 Å². The second-order valence-electron chi connectivity index (χ2n) is 7.40. The fourth-order valence-electron chi connectivity index (χ4n) is 3.86. The lowest BCUT2D eigenvalue weighted by Crippen LogP contribution is -2.64. The lowest BCUT2D eigenvalue weighted by atomic mass is 9.89. The van der Waals surface area contributed by atoms with E-state index in [9.17, 15) is 18.1 Å². The van der Waals surface area contributed by atoms with Crippen molar-refractivity contribution in [2.24, 2.45) is 0 Å². The van der Waals surface area contributed by atoms with Gasteiger partial charge in [0.25, 0.3) is 0 Å². The molecule has 0 bridgehead atoms. The first-order valence-electron chi connectivity index (χ1n) is 9.40. The number of hydrogen-bond acceptors (Lipinski definition) is 6. The van der Waals surface area contributed by atoms with Crippen LogP contribution in [-0.4, -0.2) is 50.5 Å². The Hall–Kier alpha value is -3.62. The van der Waals surface area contributed by atoms with Gasteiger partial charge in [-0.25, -0.2) is 22.8 Å². The second-order valence-corrected chi connectivity index (χ2v) is 9.30. The van der Waals surface area contributed by atoms with Gasteiger partial charge in [-0.3, -0.25) is 4.68 Å². The van der Waals surface area contributed by atoms with Crippen LogP contribution < -0.4 is 0 Å². The highest BCUT2D eigenvalue weighted by Crippen LogP contribution is 2.37. The van der Waals surface area contributed by atoms with Crippen LogP contribution in [0.4, 0.5) is 4.39 Å². The zero-order valence-corrected chi connectivity index (χ0v) is 16.9. The van der Waals surface area contributed by atoms with E-state index in [1.54, 1.807) is 23.3 Å². The molecule has 1 aliphatic rings. The molecular weight excluding hydrogens is 421 g/mol. The van der Waals surface area contributed by atoms with Crippen molar-refractivity contribution >= 4 is 21.1 Å². The predicted molar refractivity (Wildman–Crippen MR) is 108 cm³/mol. The van der Waals surface area contributed by atoms with Crippen LogP contribution in [0.15, 0.2) is 60.1 Å². The quantitative estimate of drug-likeness (QED) is 0.511. The predicted octanol–water partition coefficient (Wildman–Crippen LogP) is 2.27. The number of H-pyrrole nitrogens is 1. The molecule has 0 radical (unpaired) electrons. The minimum atomic E-state index is -4.01. The molecule has 11 heteroatoms. The number of benzene rings is 1. The number of halogens is 1. The molecule has 0 saturated carbocycles. The Kier molecular flexibility index (Phi) is 4.35. The van der Waals surface area contributed by atoms with Crippen LogP contribution in [-0.2, 0) is 15.6 Å². The molecule has 0 amide bonds. The molecule has 4 aromatic rings. The summed E-state index contributed by atoms with van der Waals surface area (Å²) in [4.78, 5) is 11.2. The van der Waals surface area contributed by atoms with Crippen molar-refractivity contribution in [3.8, 4) is 17.3 Å². The van der Waals surface area contributed by atoms with E-state index in [0.29, 0.717) is 11.3 Å². The molecular formula is C20H16FN7O2S. The van der Waals surface area contributed by atoms with Crippen molar-refractivity contribution in [1.29, 1.82) is 5.26 Å². The zero-order valence-electron chi connectivity index (χ0n) is 16.1. The average molecular weight is 437 g/mol. The van der Waals surface area contributed by atoms with Crippen LogP contribution in [0.5, 0.6) is 0 Å². The van der Waals surface area contributed by atoms with E-state index in [1.165, 1.54) is 28.8 Å². The summed E-state index contributed by atoms with van der Waals surface area (Å²) in [5.41, 5.74) is 1.25. The van der Waals surface area contributed by atoms with Crippen LogP contribution in [0.25, 0.3) is 22.3 Å². The highest BCUT2D eigenvalue weighted by atomic mass is 32.2. The van der Waals surface area contributed by atoms with Crippen LogP contribution in [0.1, 0.15) is 6.42 Å². The molecule has 5 rings (SSSR count). The molecule has 3 aromatic heterocycles. The van der Waals surface area contributed by atoms with Crippen molar-refractivity contribution in [3.05, 3.63) is 61.1 Å². The van der Waals surface area contributed by atoms with Gasteiger partial charge in [0.05, 0.1) is 24.4 Å². The number of fused-ring (bicyclic) bond motifs is 1. The number of aromatic nitrogens is 5. The number of nitrogens with zero attached hydrogens (tertiary/aromatic N) is 6. The second kappa shape index (κ2) is 6.97. The molecule has 31 heavy (non-hydrogen) atoms. The van der Waals surface area contributed by atoms with Crippen molar-refractivity contribution in [2.75, 3.05) is 13.1 Å². The van der Waals surface area contributed by atoms with Crippen molar-refractivity contribution in [1.82, 2.24) is 29.0 Å². The maximum atomic E-state index is 14.1. The van der Waals surface area contributed by atoms with E-state index < -0.39 is 21.4 Å². The van der Waals surface area contributed by atoms with Gasteiger partial charge in [0.2, 0.25) is 10.0 Å². The summed E-state index contributed by atoms with van der Waals surface area (Å²) >= 11 is 0. The highest BCUT2D eigenvalue weighted by molar-refractivity contribution is 7.89. The Morgan fingerprint density at radius 3 is 2.81 bits per heavy atom. The first kappa shape index (κ1) is 19.3. The van der Waals surface area contributed by atoms with Gasteiger partial charge >= 0.3 is 0 Å². The zero-order chi connectivity index (χ0) is 21.6. The number of hydrogen-bond donors (Lipinski definition) is 1. The molecule has 156 valence electrons. The first-order valence-corrected chi connectivity index (χ1v) is 10.8. The maximum Gasteiger partial charge on any atom is 0.246 e. The molecule has 1 N–H and O–H groups in total. The Balaban J connectivity index is 1.47. The van der Waals surface area contributed by atoms with Crippen LogP contribution >= 0.6 is 0 Å². The minimum Gasteiger partial charge on any atom is -0.346 e.